The van der Waals surface area contributed by atoms with Crippen LogP contribution in [0.15, 0.2) is 42.1 Å². The highest BCUT2D eigenvalue weighted by molar-refractivity contribution is 7.55. The zero-order chi connectivity index (χ0) is 17.5. The van der Waals surface area contributed by atoms with Gasteiger partial charge >= 0.3 is 7.60 Å². The second-order valence-electron chi connectivity index (χ2n) is 6.45. The van der Waals surface area contributed by atoms with Crippen molar-refractivity contribution in [1.82, 2.24) is 0 Å². The molecule has 23 heavy (non-hydrogen) atoms. The van der Waals surface area contributed by atoms with E-state index in [4.69, 9.17) is 9.05 Å². The number of aliphatic hydroxyl groups excluding tert-OH is 1. The third-order valence-corrected chi connectivity index (χ3v) is 6.85. The molecule has 0 aliphatic carbocycles. The quantitative estimate of drug-likeness (QED) is 0.511. The maximum absolute atomic E-state index is 13.2. The lowest BCUT2D eigenvalue weighted by Crippen LogP contribution is -2.23. The molecule has 0 heterocycles. The molecule has 1 aromatic carbocycles. The van der Waals surface area contributed by atoms with Crippen LogP contribution < -0.4 is 0 Å². The summed E-state index contributed by atoms with van der Waals surface area (Å²) < 4.78 is 24.2. The Hall–Kier alpha value is -0.713. The van der Waals surface area contributed by atoms with Crippen molar-refractivity contribution in [2.45, 2.75) is 45.3 Å². The largest absolute Gasteiger partial charge is 0.387 e. The van der Waals surface area contributed by atoms with Crippen molar-refractivity contribution in [1.29, 1.82) is 0 Å². The Bertz CT molecular complexity index is 529. The summed E-state index contributed by atoms with van der Waals surface area (Å²) in [7, 11) is -4.97. The summed E-state index contributed by atoms with van der Waals surface area (Å²) in [5.74, 6) is 0. The fraction of sp³-hybridized carbons (Fsp3) is 0.529. The van der Waals surface area contributed by atoms with E-state index >= 15 is 0 Å². The van der Waals surface area contributed by atoms with Crippen LogP contribution in [0.3, 0.4) is 0 Å². The molecule has 4 nitrogen and oxygen atoms in total. The summed E-state index contributed by atoms with van der Waals surface area (Å²) in [5.41, 5.74) is 2.07. The summed E-state index contributed by atoms with van der Waals surface area (Å²) in [6.45, 7) is 10.6. The van der Waals surface area contributed by atoms with Crippen molar-refractivity contribution in [2.24, 2.45) is 0 Å². The third-order valence-electron chi connectivity index (χ3n) is 3.24. The fourth-order valence-electron chi connectivity index (χ4n) is 2.19. The molecule has 1 aromatic rings. The predicted octanol–water partition coefficient (Wildman–Crippen LogP) is 4.79. The Kier molecular flexibility index (Phi) is 7.91. The topological polar surface area (TPSA) is 55.8 Å². The van der Waals surface area contributed by atoms with Crippen LogP contribution >= 0.6 is 7.60 Å². The Morgan fingerprint density at radius 2 is 1.65 bits per heavy atom. The first-order valence-corrected chi connectivity index (χ1v) is 13.2. The SMILES string of the molecule is CCOP(=O)(OCC)[C@H](/C=C/[Si](C)(C)C)[C@@H](O)c1ccccc1. The molecule has 0 unspecified atom stereocenters. The summed E-state index contributed by atoms with van der Waals surface area (Å²) in [4.78, 5) is 0. The van der Waals surface area contributed by atoms with E-state index in [1.54, 1.807) is 13.8 Å². The molecule has 0 saturated heterocycles. The van der Waals surface area contributed by atoms with E-state index in [9.17, 15) is 9.67 Å². The van der Waals surface area contributed by atoms with Crippen LogP contribution in [0.4, 0.5) is 0 Å². The van der Waals surface area contributed by atoms with Gasteiger partial charge < -0.3 is 14.2 Å². The molecule has 0 fully saturated rings. The van der Waals surface area contributed by atoms with Crippen molar-refractivity contribution >= 4 is 15.7 Å². The second kappa shape index (κ2) is 8.95. The lowest BCUT2D eigenvalue weighted by Gasteiger charge is -2.28. The van der Waals surface area contributed by atoms with E-state index in [-0.39, 0.29) is 13.2 Å². The first kappa shape index (κ1) is 20.3. The third kappa shape index (κ3) is 6.36. The average Bonchev–Trinajstić information content (AvgIpc) is 2.47. The van der Waals surface area contributed by atoms with Gasteiger partial charge in [0.1, 0.15) is 5.66 Å². The second-order valence-corrected chi connectivity index (χ2v) is 13.7. The number of hydrogen-bond acceptors (Lipinski definition) is 4. The minimum Gasteiger partial charge on any atom is -0.387 e. The predicted molar refractivity (Wildman–Crippen MR) is 98.5 cm³/mol. The Labute approximate surface area is 141 Å². The van der Waals surface area contributed by atoms with Crippen LogP contribution in [0, 0.1) is 0 Å². The van der Waals surface area contributed by atoms with Gasteiger partial charge in [-0.05, 0) is 19.4 Å². The molecule has 1 rings (SSSR count). The van der Waals surface area contributed by atoms with Gasteiger partial charge in [0.15, 0.2) is 0 Å². The average molecular weight is 356 g/mol. The van der Waals surface area contributed by atoms with E-state index < -0.39 is 27.4 Å². The number of rotatable bonds is 9. The van der Waals surface area contributed by atoms with Gasteiger partial charge in [-0.3, -0.25) is 4.57 Å². The van der Waals surface area contributed by atoms with Gasteiger partial charge in [-0.25, -0.2) is 0 Å². The van der Waals surface area contributed by atoms with Crippen LogP contribution in [0.2, 0.25) is 19.6 Å². The van der Waals surface area contributed by atoms with Gasteiger partial charge in [-0.2, -0.15) is 0 Å². The van der Waals surface area contributed by atoms with Crippen LogP contribution in [0.5, 0.6) is 0 Å². The zero-order valence-corrected chi connectivity index (χ0v) is 16.6. The minimum absolute atomic E-state index is 0.274. The van der Waals surface area contributed by atoms with Crippen LogP contribution in [-0.2, 0) is 13.6 Å². The van der Waals surface area contributed by atoms with E-state index in [1.165, 1.54) is 0 Å². The van der Waals surface area contributed by atoms with Crippen molar-refractivity contribution in [2.75, 3.05) is 13.2 Å². The smallest absolute Gasteiger partial charge is 0.340 e. The van der Waals surface area contributed by atoms with Gasteiger partial charge in [0, 0.05) is 0 Å². The van der Waals surface area contributed by atoms with Crippen LogP contribution in [0.1, 0.15) is 25.5 Å². The van der Waals surface area contributed by atoms with Crippen molar-refractivity contribution in [3.8, 4) is 0 Å². The molecule has 6 heteroatoms. The normalized spacial score (nSPS) is 15.7. The molecule has 0 radical (unpaired) electrons. The Balaban J connectivity index is 3.25. The molecule has 2 atom stereocenters. The standard InChI is InChI=1S/C17H29O4PSi/c1-6-20-22(19,21-7-2)16(13-14-23(3,4)5)17(18)15-11-9-8-10-12-15/h8-14,16-18H,6-7H2,1-5H3/b14-13+/t16-,17+/m1/s1. The highest BCUT2D eigenvalue weighted by atomic mass is 31.2. The summed E-state index contributed by atoms with van der Waals surface area (Å²) >= 11 is 0. The Morgan fingerprint density at radius 1 is 1.13 bits per heavy atom. The number of hydrogen-bond donors (Lipinski definition) is 1. The highest BCUT2D eigenvalue weighted by Gasteiger charge is 2.39. The molecule has 1 N–H and O–H groups in total. The van der Waals surface area contributed by atoms with E-state index in [0.717, 1.165) is 0 Å². The van der Waals surface area contributed by atoms with Crippen molar-refractivity contribution < 1.29 is 18.7 Å². The van der Waals surface area contributed by atoms with E-state index in [0.29, 0.717) is 5.56 Å². The summed E-state index contributed by atoms with van der Waals surface area (Å²) in [5, 5.41) is 10.8. The molecule has 0 aliphatic rings. The Morgan fingerprint density at radius 3 is 2.09 bits per heavy atom. The highest BCUT2D eigenvalue weighted by Crippen LogP contribution is 2.57. The van der Waals surface area contributed by atoms with E-state index in [2.05, 4.69) is 25.3 Å². The lowest BCUT2D eigenvalue weighted by molar-refractivity contribution is 0.152. The van der Waals surface area contributed by atoms with Crippen LogP contribution in [-0.4, -0.2) is 32.1 Å². The molecule has 0 aliphatic heterocycles. The first-order chi connectivity index (χ1) is 10.7. The molecule has 0 bridgehead atoms. The lowest BCUT2D eigenvalue weighted by atomic mass is 10.1. The molecule has 130 valence electrons. The molecular formula is C17H29O4PSi. The van der Waals surface area contributed by atoms with Gasteiger partial charge in [0.25, 0.3) is 0 Å². The molecule has 0 amide bonds. The maximum atomic E-state index is 13.2. The van der Waals surface area contributed by atoms with Crippen LogP contribution in [0.25, 0.3) is 0 Å². The molecule has 0 saturated carbocycles. The van der Waals surface area contributed by atoms with Gasteiger partial charge in [0.05, 0.1) is 27.4 Å². The van der Waals surface area contributed by atoms with E-state index in [1.807, 2.05) is 36.4 Å². The number of aliphatic hydroxyl groups is 1. The summed E-state index contributed by atoms with van der Waals surface area (Å²) in [6.07, 6.45) is 0.892. The monoisotopic (exact) mass is 356 g/mol. The van der Waals surface area contributed by atoms with Crippen molar-refractivity contribution in [3.05, 3.63) is 47.7 Å². The van der Waals surface area contributed by atoms with Gasteiger partial charge in [0.2, 0.25) is 0 Å². The number of benzene rings is 1. The fourth-order valence-corrected chi connectivity index (χ4v) is 5.09. The molecular weight excluding hydrogens is 327 g/mol. The van der Waals surface area contributed by atoms with Gasteiger partial charge in [-0.15, -0.1) is 0 Å². The van der Waals surface area contributed by atoms with Crippen molar-refractivity contribution in [3.63, 3.8) is 0 Å². The zero-order valence-electron chi connectivity index (χ0n) is 14.7. The summed E-state index contributed by atoms with van der Waals surface area (Å²) in [6, 6.07) is 9.23. The molecule has 0 aromatic heterocycles. The maximum Gasteiger partial charge on any atom is 0.340 e. The first-order valence-electron chi connectivity index (χ1n) is 8.04. The molecule has 0 spiro atoms. The van der Waals surface area contributed by atoms with Gasteiger partial charge in [-0.1, -0.05) is 61.7 Å². The minimum atomic E-state index is -3.45.